The van der Waals surface area contributed by atoms with Crippen LogP contribution < -0.4 is 0 Å². The van der Waals surface area contributed by atoms with Crippen molar-refractivity contribution in [2.75, 3.05) is 27.2 Å². The van der Waals surface area contributed by atoms with E-state index in [0.717, 1.165) is 6.29 Å². The van der Waals surface area contributed by atoms with Gasteiger partial charge in [-0.1, -0.05) is 0 Å². The van der Waals surface area contributed by atoms with Crippen molar-refractivity contribution in [1.82, 2.24) is 4.90 Å². The van der Waals surface area contributed by atoms with Gasteiger partial charge in [-0.15, -0.1) is 0 Å². The van der Waals surface area contributed by atoms with Gasteiger partial charge in [0.15, 0.2) is 0 Å². The molecule has 0 aromatic heterocycles. The Kier molecular flexibility index (Phi) is 7.85. The van der Waals surface area contributed by atoms with Crippen molar-refractivity contribution < 1.29 is 19.4 Å². The molecule has 0 fully saturated rings. The molecular weight excluding hydrogens is 198 g/mol. The van der Waals surface area contributed by atoms with Crippen molar-refractivity contribution in [2.24, 2.45) is 0 Å². The summed E-state index contributed by atoms with van der Waals surface area (Å²) in [7, 11) is 3.64. The first-order chi connectivity index (χ1) is 7.06. The lowest BCUT2D eigenvalue weighted by molar-refractivity contribution is -0.146. The van der Waals surface area contributed by atoms with Crippen LogP contribution in [-0.4, -0.2) is 55.6 Å². The fraction of sp³-hybridized carbons (Fsp3) is 0.800. The third kappa shape index (κ3) is 9.37. The molecule has 0 heterocycles. The van der Waals surface area contributed by atoms with E-state index >= 15 is 0 Å². The second kappa shape index (κ2) is 8.38. The minimum Gasteiger partial charge on any atom is -0.466 e. The largest absolute Gasteiger partial charge is 0.466 e. The van der Waals surface area contributed by atoms with Crippen molar-refractivity contribution >= 4 is 12.3 Å². The molecule has 15 heavy (non-hydrogen) atoms. The summed E-state index contributed by atoms with van der Waals surface area (Å²) < 4.78 is 4.82. The van der Waals surface area contributed by atoms with Gasteiger partial charge in [0, 0.05) is 13.0 Å². The second-order valence-corrected chi connectivity index (χ2v) is 3.65. The van der Waals surface area contributed by atoms with Crippen LogP contribution in [0.4, 0.5) is 0 Å². The Morgan fingerprint density at radius 2 is 2.20 bits per heavy atom. The van der Waals surface area contributed by atoms with E-state index in [-0.39, 0.29) is 13.0 Å². The first-order valence-electron chi connectivity index (χ1n) is 4.98. The highest BCUT2D eigenvalue weighted by atomic mass is 16.5. The van der Waals surface area contributed by atoms with E-state index in [1.54, 1.807) is 4.90 Å². The normalized spacial score (nSPS) is 12.5. The topological polar surface area (TPSA) is 66.8 Å². The van der Waals surface area contributed by atoms with Crippen LogP contribution in [0.2, 0.25) is 0 Å². The summed E-state index contributed by atoms with van der Waals surface area (Å²) in [6, 6.07) is 0. The molecule has 0 rings (SSSR count). The number of ether oxygens (including phenoxy) is 1. The molecular formula is C10H19NO4. The molecule has 0 aromatic rings. The Balaban J connectivity index is 3.51. The minimum atomic E-state index is -0.696. The van der Waals surface area contributed by atoms with E-state index in [9.17, 15) is 14.7 Å². The van der Waals surface area contributed by atoms with Gasteiger partial charge in [-0.05, 0) is 20.5 Å². The molecule has 0 aromatic carbocycles. The number of carbonyl (C=O) groups is 2. The molecule has 1 atom stereocenters. The Hall–Kier alpha value is -0.940. The number of aliphatic hydroxyl groups is 1. The molecule has 0 aliphatic heterocycles. The number of esters is 1. The molecule has 0 spiro atoms. The number of nitrogens with zero attached hydrogens (tertiary/aromatic N) is 1. The fourth-order valence-electron chi connectivity index (χ4n) is 1.09. The Morgan fingerprint density at radius 3 is 2.73 bits per heavy atom. The van der Waals surface area contributed by atoms with E-state index < -0.39 is 12.1 Å². The number of rotatable bonds is 8. The van der Waals surface area contributed by atoms with E-state index in [1.165, 1.54) is 0 Å². The molecule has 0 saturated heterocycles. The fourth-order valence-corrected chi connectivity index (χ4v) is 1.09. The molecule has 0 saturated carbocycles. The van der Waals surface area contributed by atoms with Crippen molar-refractivity contribution in [3.8, 4) is 0 Å². The zero-order valence-corrected chi connectivity index (χ0v) is 9.31. The van der Waals surface area contributed by atoms with Crippen LogP contribution in [0.25, 0.3) is 0 Å². The summed E-state index contributed by atoms with van der Waals surface area (Å²) in [4.78, 5) is 22.9. The van der Waals surface area contributed by atoms with Gasteiger partial charge in [0.1, 0.15) is 6.29 Å². The summed E-state index contributed by atoms with van der Waals surface area (Å²) >= 11 is 0. The summed E-state index contributed by atoms with van der Waals surface area (Å²) in [5.41, 5.74) is 0. The molecule has 0 aliphatic carbocycles. The van der Waals surface area contributed by atoms with Crippen LogP contribution in [0.5, 0.6) is 0 Å². The lowest BCUT2D eigenvalue weighted by atomic mass is 10.2. The number of aliphatic hydroxyl groups excluding tert-OH is 1. The van der Waals surface area contributed by atoms with Gasteiger partial charge in [-0.2, -0.15) is 0 Å². The van der Waals surface area contributed by atoms with Gasteiger partial charge >= 0.3 is 5.97 Å². The molecule has 1 N–H and O–H groups in total. The molecule has 0 aliphatic rings. The Labute approximate surface area is 90.0 Å². The highest BCUT2D eigenvalue weighted by molar-refractivity contribution is 5.69. The summed E-state index contributed by atoms with van der Waals surface area (Å²) in [5.74, 6) is -0.421. The highest BCUT2D eigenvalue weighted by Gasteiger charge is 2.12. The first-order valence-corrected chi connectivity index (χ1v) is 4.98. The standard InChI is InChI=1S/C10H19NO4/c1-11(2)8-9(13)7-10(14)15-6-4-3-5-12/h5,9,13H,3-4,6-8H2,1-2H3. The van der Waals surface area contributed by atoms with Crippen molar-refractivity contribution in [2.45, 2.75) is 25.4 Å². The zero-order valence-electron chi connectivity index (χ0n) is 9.31. The number of unbranched alkanes of at least 4 members (excludes halogenated alkanes) is 1. The average molecular weight is 217 g/mol. The predicted molar refractivity (Wildman–Crippen MR) is 55.4 cm³/mol. The number of hydrogen-bond donors (Lipinski definition) is 1. The van der Waals surface area contributed by atoms with E-state index in [4.69, 9.17) is 4.74 Å². The molecule has 5 heteroatoms. The van der Waals surface area contributed by atoms with Crippen molar-refractivity contribution in [1.29, 1.82) is 0 Å². The average Bonchev–Trinajstić information content (AvgIpc) is 2.10. The quantitative estimate of drug-likeness (QED) is 0.347. The Morgan fingerprint density at radius 1 is 1.53 bits per heavy atom. The summed E-state index contributed by atoms with van der Waals surface area (Å²) in [6.07, 6.45) is 1.03. The monoisotopic (exact) mass is 217 g/mol. The second-order valence-electron chi connectivity index (χ2n) is 3.65. The van der Waals surface area contributed by atoms with E-state index in [1.807, 2.05) is 14.1 Å². The minimum absolute atomic E-state index is 0.000725. The van der Waals surface area contributed by atoms with Crippen molar-refractivity contribution in [3.05, 3.63) is 0 Å². The summed E-state index contributed by atoms with van der Waals surface area (Å²) in [6.45, 7) is 0.676. The molecule has 1 unspecified atom stereocenters. The molecule has 0 amide bonds. The van der Waals surface area contributed by atoms with Crippen molar-refractivity contribution in [3.63, 3.8) is 0 Å². The van der Waals surface area contributed by atoms with Gasteiger partial charge in [0.2, 0.25) is 0 Å². The Bertz CT molecular complexity index is 194. The van der Waals surface area contributed by atoms with Crippen LogP contribution in [0, 0.1) is 0 Å². The van der Waals surface area contributed by atoms with Crippen LogP contribution in [0.15, 0.2) is 0 Å². The first kappa shape index (κ1) is 14.1. The lowest BCUT2D eigenvalue weighted by Gasteiger charge is -2.14. The predicted octanol–water partition coefficient (Wildman–Crippen LogP) is -0.179. The molecule has 88 valence electrons. The smallest absolute Gasteiger partial charge is 0.308 e. The number of hydrogen-bond acceptors (Lipinski definition) is 5. The number of carbonyl (C=O) groups excluding carboxylic acids is 2. The maximum atomic E-state index is 11.1. The van der Waals surface area contributed by atoms with Gasteiger partial charge in [0.05, 0.1) is 19.1 Å². The molecule has 0 bridgehead atoms. The van der Waals surface area contributed by atoms with Crippen LogP contribution in [-0.2, 0) is 14.3 Å². The zero-order chi connectivity index (χ0) is 11.7. The number of aldehydes is 1. The van der Waals surface area contributed by atoms with E-state index in [2.05, 4.69) is 0 Å². The van der Waals surface area contributed by atoms with Gasteiger partial charge in [-0.25, -0.2) is 0 Å². The van der Waals surface area contributed by atoms with Gasteiger partial charge in [0.25, 0.3) is 0 Å². The summed E-state index contributed by atoms with van der Waals surface area (Å²) in [5, 5.41) is 9.39. The maximum absolute atomic E-state index is 11.1. The number of likely N-dealkylation sites (N-methyl/N-ethyl adjacent to an activating group) is 1. The van der Waals surface area contributed by atoms with Gasteiger partial charge in [-0.3, -0.25) is 4.79 Å². The lowest BCUT2D eigenvalue weighted by Crippen LogP contribution is -2.28. The van der Waals surface area contributed by atoms with Crippen LogP contribution >= 0.6 is 0 Å². The van der Waals surface area contributed by atoms with Crippen LogP contribution in [0.3, 0.4) is 0 Å². The molecule has 0 radical (unpaired) electrons. The van der Waals surface area contributed by atoms with Crippen LogP contribution in [0.1, 0.15) is 19.3 Å². The third-order valence-electron chi connectivity index (χ3n) is 1.71. The highest BCUT2D eigenvalue weighted by Crippen LogP contribution is 1.97. The van der Waals surface area contributed by atoms with E-state index in [0.29, 0.717) is 19.4 Å². The maximum Gasteiger partial charge on any atom is 0.308 e. The SMILES string of the molecule is CN(C)CC(O)CC(=O)OCCCC=O. The third-order valence-corrected chi connectivity index (χ3v) is 1.71. The van der Waals surface area contributed by atoms with Gasteiger partial charge < -0.3 is 19.5 Å². The molecule has 5 nitrogen and oxygen atoms in total.